The minimum Gasteiger partial charge on any atom is -0.460 e. The van der Waals surface area contributed by atoms with Crippen LogP contribution in [-0.2, 0) is 4.74 Å². The molecule has 0 aliphatic carbocycles. The Morgan fingerprint density at radius 3 is 2.58 bits per heavy atom. The molecular formula is C18H22N2O4. The van der Waals surface area contributed by atoms with Crippen molar-refractivity contribution in [1.82, 2.24) is 4.90 Å². The highest BCUT2D eigenvalue weighted by Crippen LogP contribution is 2.28. The monoisotopic (exact) mass is 330 g/mol. The lowest BCUT2D eigenvalue weighted by Crippen LogP contribution is -2.44. The first-order chi connectivity index (χ1) is 11.5. The van der Waals surface area contributed by atoms with E-state index in [9.17, 15) is 9.59 Å². The molecule has 1 aromatic carbocycles. The number of fused-ring (bicyclic) bond motifs is 1. The molecule has 6 heteroatoms. The number of likely N-dealkylation sites (N-methyl/N-ethyl adjacent to an activating group) is 1. The number of rotatable bonds is 3. The molecule has 0 amide bonds. The number of piperazine rings is 1. The number of esters is 1. The Bertz CT molecular complexity index is 820. The zero-order valence-corrected chi connectivity index (χ0v) is 14.3. The van der Waals surface area contributed by atoms with E-state index in [4.69, 9.17) is 9.15 Å². The summed E-state index contributed by atoms with van der Waals surface area (Å²) in [6, 6.07) is 5.02. The van der Waals surface area contributed by atoms with Crippen molar-refractivity contribution < 1.29 is 13.9 Å². The largest absolute Gasteiger partial charge is 0.460 e. The van der Waals surface area contributed by atoms with E-state index in [0.29, 0.717) is 11.0 Å². The lowest BCUT2D eigenvalue weighted by Gasteiger charge is -2.34. The SMILES string of the molecule is CCOC(=O)c1cc(=O)c2cc(C)cc(N3CCN(C)CC3)c2o1. The summed E-state index contributed by atoms with van der Waals surface area (Å²) >= 11 is 0. The number of hydrogen-bond acceptors (Lipinski definition) is 6. The van der Waals surface area contributed by atoms with Crippen molar-refractivity contribution in [1.29, 1.82) is 0 Å². The maximum atomic E-state index is 12.5. The lowest BCUT2D eigenvalue weighted by atomic mass is 10.1. The van der Waals surface area contributed by atoms with Gasteiger partial charge in [-0.25, -0.2) is 4.79 Å². The summed E-state index contributed by atoms with van der Waals surface area (Å²) in [5.41, 5.74) is 2.09. The van der Waals surface area contributed by atoms with Gasteiger partial charge in [0, 0.05) is 32.2 Å². The van der Waals surface area contributed by atoms with E-state index in [1.165, 1.54) is 6.07 Å². The zero-order chi connectivity index (χ0) is 17.3. The molecule has 24 heavy (non-hydrogen) atoms. The molecule has 0 saturated carbocycles. The van der Waals surface area contributed by atoms with Gasteiger partial charge in [0.2, 0.25) is 5.76 Å². The molecule has 128 valence electrons. The second-order valence-electron chi connectivity index (χ2n) is 6.15. The fourth-order valence-electron chi connectivity index (χ4n) is 2.97. The number of aryl methyl sites for hydroxylation is 1. The Kier molecular flexibility index (Phi) is 4.57. The van der Waals surface area contributed by atoms with Gasteiger partial charge in [0.05, 0.1) is 17.7 Å². The molecule has 1 fully saturated rings. The van der Waals surface area contributed by atoms with Gasteiger partial charge in [0.25, 0.3) is 0 Å². The second kappa shape index (κ2) is 6.65. The number of carbonyl (C=O) groups excluding carboxylic acids is 1. The molecule has 2 heterocycles. The van der Waals surface area contributed by atoms with Crippen LogP contribution in [0.25, 0.3) is 11.0 Å². The summed E-state index contributed by atoms with van der Waals surface area (Å²) in [5, 5.41) is 0.497. The second-order valence-corrected chi connectivity index (χ2v) is 6.15. The molecule has 0 spiro atoms. The highest BCUT2D eigenvalue weighted by atomic mass is 16.5. The number of hydrogen-bond donors (Lipinski definition) is 0. The van der Waals surface area contributed by atoms with Crippen LogP contribution in [-0.4, -0.2) is 50.7 Å². The first kappa shape index (κ1) is 16.5. The summed E-state index contributed by atoms with van der Waals surface area (Å²) in [6.07, 6.45) is 0. The summed E-state index contributed by atoms with van der Waals surface area (Å²) in [4.78, 5) is 28.9. The third kappa shape index (κ3) is 3.14. The van der Waals surface area contributed by atoms with Gasteiger partial charge in [0.1, 0.15) is 0 Å². The molecule has 1 aromatic heterocycles. The van der Waals surface area contributed by atoms with Crippen molar-refractivity contribution in [2.24, 2.45) is 0 Å². The Labute approximate surface area is 140 Å². The van der Waals surface area contributed by atoms with Crippen LogP contribution in [0.2, 0.25) is 0 Å². The van der Waals surface area contributed by atoms with Crippen molar-refractivity contribution in [2.45, 2.75) is 13.8 Å². The average molecular weight is 330 g/mol. The molecule has 1 saturated heterocycles. The van der Waals surface area contributed by atoms with E-state index in [-0.39, 0.29) is 17.8 Å². The zero-order valence-electron chi connectivity index (χ0n) is 14.3. The van der Waals surface area contributed by atoms with Gasteiger partial charge < -0.3 is 19.0 Å². The fourth-order valence-corrected chi connectivity index (χ4v) is 2.97. The van der Waals surface area contributed by atoms with Gasteiger partial charge in [-0.05, 0) is 38.6 Å². The van der Waals surface area contributed by atoms with Crippen LogP contribution < -0.4 is 10.3 Å². The van der Waals surface area contributed by atoms with E-state index in [1.54, 1.807) is 13.0 Å². The van der Waals surface area contributed by atoms with Crippen LogP contribution in [0.15, 0.2) is 27.4 Å². The number of carbonyl (C=O) groups is 1. The maximum absolute atomic E-state index is 12.5. The number of benzene rings is 1. The van der Waals surface area contributed by atoms with Crippen LogP contribution >= 0.6 is 0 Å². The quantitative estimate of drug-likeness (QED) is 0.803. The molecule has 0 bridgehead atoms. The molecule has 0 unspecified atom stereocenters. The molecule has 2 aromatic rings. The molecular weight excluding hydrogens is 308 g/mol. The van der Waals surface area contributed by atoms with Crippen LogP contribution in [0.4, 0.5) is 5.69 Å². The molecule has 6 nitrogen and oxygen atoms in total. The molecule has 1 aliphatic rings. The van der Waals surface area contributed by atoms with E-state index in [1.807, 2.05) is 13.0 Å². The van der Waals surface area contributed by atoms with Gasteiger partial charge in [-0.15, -0.1) is 0 Å². The van der Waals surface area contributed by atoms with E-state index in [2.05, 4.69) is 16.8 Å². The van der Waals surface area contributed by atoms with E-state index >= 15 is 0 Å². The van der Waals surface area contributed by atoms with Gasteiger partial charge in [-0.1, -0.05) is 0 Å². The first-order valence-electron chi connectivity index (χ1n) is 8.18. The third-order valence-electron chi connectivity index (χ3n) is 4.27. The summed E-state index contributed by atoms with van der Waals surface area (Å²) in [5.74, 6) is -0.657. The molecule has 0 atom stereocenters. The minimum absolute atomic E-state index is 0.0476. The Hall–Kier alpha value is -2.34. The molecule has 0 radical (unpaired) electrons. The first-order valence-corrected chi connectivity index (χ1v) is 8.18. The third-order valence-corrected chi connectivity index (χ3v) is 4.27. The summed E-state index contributed by atoms with van der Waals surface area (Å²) in [7, 11) is 2.09. The van der Waals surface area contributed by atoms with E-state index < -0.39 is 5.97 Å². The molecule has 3 rings (SSSR count). The highest BCUT2D eigenvalue weighted by molar-refractivity contribution is 5.93. The average Bonchev–Trinajstić information content (AvgIpc) is 2.56. The summed E-state index contributed by atoms with van der Waals surface area (Å²) < 4.78 is 10.8. The minimum atomic E-state index is -0.610. The van der Waals surface area contributed by atoms with Crippen LogP contribution in [0.1, 0.15) is 23.0 Å². The Morgan fingerprint density at radius 2 is 1.92 bits per heavy atom. The van der Waals surface area contributed by atoms with Gasteiger partial charge in [0.15, 0.2) is 11.0 Å². The lowest BCUT2D eigenvalue weighted by molar-refractivity contribution is 0.0490. The van der Waals surface area contributed by atoms with Crippen molar-refractivity contribution in [3.63, 3.8) is 0 Å². The fraction of sp³-hybridized carbons (Fsp3) is 0.444. The van der Waals surface area contributed by atoms with Crippen molar-refractivity contribution >= 4 is 22.6 Å². The predicted octanol–water partition coefficient (Wildman–Crippen LogP) is 2.03. The number of ether oxygens (including phenoxy) is 1. The molecule has 1 aliphatic heterocycles. The van der Waals surface area contributed by atoms with Gasteiger partial charge in [-0.3, -0.25) is 4.79 Å². The van der Waals surface area contributed by atoms with Crippen molar-refractivity contribution in [2.75, 3.05) is 44.7 Å². The standard InChI is InChI=1S/C18H22N2O4/c1-4-23-18(22)16-11-15(21)13-9-12(2)10-14(17(13)24-16)20-7-5-19(3)6-8-20/h9-11H,4-8H2,1-3H3. The summed E-state index contributed by atoms with van der Waals surface area (Å²) in [6.45, 7) is 7.49. The van der Waals surface area contributed by atoms with Crippen LogP contribution in [0.5, 0.6) is 0 Å². The van der Waals surface area contributed by atoms with Crippen LogP contribution in [0, 0.1) is 6.92 Å². The van der Waals surface area contributed by atoms with Gasteiger partial charge >= 0.3 is 5.97 Å². The van der Waals surface area contributed by atoms with Crippen molar-refractivity contribution in [3.8, 4) is 0 Å². The topological polar surface area (TPSA) is 63.0 Å². The number of anilines is 1. The Morgan fingerprint density at radius 1 is 1.21 bits per heavy atom. The van der Waals surface area contributed by atoms with Gasteiger partial charge in [-0.2, -0.15) is 0 Å². The van der Waals surface area contributed by atoms with Crippen molar-refractivity contribution in [3.05, 3.63) is 39.7 Å². The predicted molar refractivity (Wildman–Crippen MR) is 92.9 cm³/mol. The number of nitrogens with zero attached hydrogens (tertiary/aromatic N) is 2. The smallest absolute Gasteiger partial charge is 0.374 e. The highest BCUT2D eigenvalue weighted by Gasteiger charge is 2.21. The Balaban J connectivity index is 2.13. The van der Waals surface area contributed by atoms with E-state index in [0.717, 1.165) is 37.4 Å². The molecule has 0 N–H and O–H groups in total. The maximum Gasteiger partial charge on any atom is 0.374 e. The van der Waals surface area contributed by atoms with Crippen LogP contribution in [0.3, 0.4) is 0 Å². The normalized spacial score (nSPS) is 15.7.